The van der Waals surface area contributed by atoms with Crippen molar-refractivity contribution in [2.24, 2.45) is 0 Å². The smallest absolute Gasteiger partial charge is 0.330 e. The zero-order chi connectivity index (χ0) is 14.5. The first-order chi connectivity index (χ1) is 9.60. The number of nitriles is 1. The van der Waals surface area contributed by atoms with Crippen molar-refractivity contribution in [2.75, 3.05) is 11.1 Å². The lowest BCUT2D eigenvalue weighted by atomic mass is 10.1. The van der Waals surface area contributed by atoms with Crippen molar-refractivity contribution in [3.8, 4) is 6.07 Å². The highest BCUT2D eigenvalue weighted by molar-refractivity contribution is 5.79. The van der Waals surface area contributed by atoms with Crippen LogP contribution in [-0.4, -0.2) is 11.1 Å². The van der Waals surface area contributed by atoms with E-state index in [2.05, 4.69) is 5.32 Å². The summed E-state index contributed by atoms with van der Waals surface area (Å²) in [6.45, 7) is 0. The van der Waals surface area contributed by atoms with Crippen LogP contribution in [0, 0.1) is 11.3 Å². The molecular weight excluding hydrogens is 254 g/mol. The number of carboxylic acid groups (broad SMARTS) is 1. The van der Waals surface area contributed by atoms with Crippen LogP contribution in [0.2, 0.25) is 0 Å². The first-order valence-corrected chi connectivity index (χ1v) is 5.95. The van der Waals surface area contributed by atoms with Crippen LogP contribution in [0.1, 0.15) is 17.2 Å². The molecule has 0 aromatic heterocycles. The molecule has 1 unspecified atom stereocenters. The zero-order valence-electron chi connectivity index (χ0n) is 10.6. The first-order valence-electron chi connectivity index (χ1n) is 5.95. The van der Waals surface area contributed by atoms with E-state index in [0.717, 1.165) is 0 Å². The van der Waals surface area contributed by atoms with Gasteiger partial charge in [-0.2, -0.15) is 5.26 Å². The second-order valence-electron chi connectivity index (χ2n) is 4.27. The maximum atomic E-state index is 11.4. The Morgan fingerprint density at radius 3 is 2.50 bits per heavy atom. The van der Waals surface area contributed by atoms with Gasteiger partial charge in [0, 0.05) is 11.4 Å². The average Bonchev–Trinajstić information content (AvgIpc) is 2.45. The summed E-state index contributed by atoms with van der Waals surface area (Å²) in [5.41, 5.74) is 7.90. The molecule has 100 valence electrons. The highest BCUT2D eigenvalue weighted by Gasteiger charge is 2.19. The molecule has 1 atom stereocenters. The summed E-state index contributed by atoms with van der Waals surface area (Å²) in [5, 5.41) is 21.0. The van der Waals surface area contributed by atoms with Crippen LogP contribution in [0.4, 0.5) is 11.4 Å². The predicted molar refractivity (Wildman–Crippen MR) is 76.0 cm³/mol. The molecule has 20 heavy (non-hydrogen) atoms. The first kappa shape index (κ1) is 13.4. The van der Waals surface area contributed by atoms with Crippen LogP contribution < -0.4 is 11.1 Å². The van der Waals surface area contributed by atoms with Gasteiger partial charge in [0.05, 0.1) is 11.6 Å². The Kier molecular flexibility index (Phi) is 3.87. The number of nitrogens with zero attached hydrogens (tertiary/aromatic N) is 1. The summed E-state index contributed by atoms with van der Waals surface area (Å²) in [4.78, 5) is 11.4. The SMILES string of the molecule is N#Cc1ccc(NC(C(=O)O)c2cccc(N)c2)cc1. The molecule has 0 radical (unpaired) electrons. The Morgan fingerprint density at radius 2 is 1.95 bits per heavy atom. The molecule has 0 bridgehead atoms. The van der Waals surface area contributed by atoms with Gasteiger partial charge in [-0.3, -0.25) is 0 Å². The monoisotopic (exact) mass is 267 g/mol. The summed E-state index contributed by atoms with van der Waals surface area (Å²) in [7, 11) is 0. The van der Waals surface area contributed by atoms with Gasteiger partial charge in [0.25, 0.3) is 0 Å². The van der Waals surface area contributed by atoms with Crippen molar-refractivity contribution >= 4 is 17.3 Å². The molecule has 5 heteroatoms. The van der Waals surface area contributed by atoms with Gasteiger partial charge >= 0.3 is 5.97 Å². The molecule has 0 fully saturated rings. The van der Waals surface area contributed by atoms with Gasteiger partial charge in [-0.05, 0) is 42.0 Å². The lowest BCUT2D eigenvalue weighted by molar-refractivity contribution is -0.138. The molecule has 0 spiro atoms. The number of carboxylic acids is 1. The van der Waals surface area contributed by atoms with Crippen LogP contribution >= 0.6 is 0 Å². The number of nitrogens with one attached hydrogen (secondary N) is 1. The molecule has 0 heterocycles. The van der Waals surface area contributed by atoms with E-state index in [9.17, 15) is 9.90 Å². The van der Waals surface area contributed by atoms with E-state index >= 15 is 0 Å². The fourth-order valence-corrected chi connectivity index (χ4v) is 1.83. The number of nitrogen functional groups attached to an aromatic ring is 1. The highest BCUT2D eigenvalue weighted by atomic mass is 16.4. The zero-order valence-corrected chi connectivity index (χ0v) is 10.6. The summed E-state index contributed by atoms with van der Waals surface area (Å²) < 4.78 is 0. The van der Waals surface area contributed by atoms with Gasteiger partial charge in [0.2, 0.25) is 0 Å². The summed E-state index contributed by atoms with van der Waals surface area (Å²) >= 11 is 0. The number of anilines is 2. The average molecular weight is 267 g/mol. The Labute approximate surface area is 116 Å². The lowest BCUT2D eigenvalue weighted by Crippen LogP contribution is -2.20. The van der Waals surface area contributed by atoms with E-state index in [1.165, 1.54) is 0 Å². The molecule has 0 amide bonds. The summed E-state index contributed by atoms with van der Waals surface area (Å²) in [6.07, 6.45) is 0. The van der Waals surface area contributed by atoms with E-state index in [-0.39, 0.29) is 0 Å². The third-order valence-electron chi connectivity index (χ3n) is 2.82. The largest absolute Gasteiger partial charge is 0.479 e. The van der Waals surface area contributed by atoms with Gasteiger partial charge < -0.3 is 16.2 Å². The van der Waals surface area contributed by atoms with Crippen LogP contribution in [0.15, 0.2) is 48.5 Å². The minimum Gasteiger partial charge on any atom is -0.479 e. The van der Waals surface area contributed by atoms with Crippen molar-refractivity contribution in [3.05, 3.63) is 59.7 Å². The van der Waals surface area contributed by atoms with Crippen LogP contribution in [0.5, 0.6) is 0 Å². The van der Waals surface area contributed by atoms with E-state index in [0.29, 0.717) is 22.5 Å². The topological polar surface area (TPSA) is 99.1 Å². The second kappa shape index (κ2) is 5.76. The Hall–Kier alpha value is -3.00. The molecule has 2 aromatic carbocycles. The summed E-state index contributed by atoms with van der Waals surface area (Å²) in [5.74, 6) is -1.00. The molecule has 2 rings (SSSR count). The Morgan fingerprint density at radius 1 is 1.25 bits per heavy atom. The van der Waals surface area contributed by atoms with Crippen molar-refractivity contribution in [1.29, 1.82) is 5.26 Å². The van der Waals surface area contributed by atoms with Crippen LogP contribution in [-0.2, 0) is 4.79 Å². The van der Waals surface area contributed by atoms with Crippen molar-refractivity contribution in [3.63, 3.8) is 0 Å². The van der Waals surface area contributed by atoms with E-state index in [1.807, 2.05) is 6.07 Å². The highest BCUT2D eigenvalue weighted by Crippen LogP contribution is 2.22. The van der Waals surface area contributed by atoms with Crippen molar-refractivity contribution in [1.82, 2.24) is 0 Å². The van der Waals surface area contributed by atoms with E-state index < -0.39 is 12.0 Å². The van der Waals surface area contributed by atoms with Gasteiger partial charge in [-0.25, -0.2) is 4.79 Å². The summed E-state index contributed by atoms with van der Waals surface area (Å²) in [6, 6.07) is 14.4. The third kappa shape index (κ3) is 3.06. The number of benzene rings is 2. The van der Waals surface area contributed by atoms with Crippen molar-refractivity contribution < 1.29 is 9.90 Å². The number of hydrogen-bond donors (Lipinski definition) is 3. The minimum atomic E-state index is -1.00. The molecule has 0 aliphatic carbocycles. The van der Waals surface area contributed by atoms with Crippen molar-refractivity contribution in [2.45, 2.75) is 6.04 Å². The minimum absolute atomic E-state index is 0.510. The second-order valence-corrected chi connectivity index (χ2v) is 4.27. The maximum Gasteiger partial charge on any atom is 0.330 e. The fourth-order valence-electron chi connectivity index (χ4n) is 1.83. The standard InChI is InChI=1S/C15H13N3O2/c16-9-10-4-6-13(7-5-10)18-14(15(19)20)11-2-1-3-12(17)8-11/h1-8,14,18H,17H2,(H,19,20). The predicted octanol–water partition coefficient (Wildman–Crippen LogP) is 2.38. The quantitative estimate of drug-likeness (QED) is 0.738. The van der Waals surface area contributed by atoms with Gasteiger partial charge in [-0.15, -0.1) is 0 Å². The van der Waals surface area contributed by atoms with Crippen LogP contribution in [0.25, 0.3) is 0 Å². The number of hydrogen-bond acceptors (Lipinski definition) is 4. The molecule has 2 aromatic rings. The van der Waals surface area contributed by atoms with Gasteiger partial charge in [-0.1, -0.05) is 12.1 Å². The molecular formula is C15H13N3O2. The molecule has 0 saturated heterocycles. The number of nitrogens with two attached hydrogens (primary N) is 1. The maximum absolute atomic E-state index is 11.4. The van der Waals surface area contributed by atoms with Crippen LogP contribution in [0.3, 0.4) is 0 Å². The van der Waals surface area contributed by atoms with Gasteiger partial charge in [0.1, 0.15) is 0 Å². The van der Waals surface area contributed by atoms with E-state index in [1.54, 1.807) is 48.5 Å². The normalized spacial score (nSPS) is 11.3. The lowest BCUT2D eigenvalue weighted by Gasteiger charge is -2.16. The van der Waals surface area contributed by atoms with E-state index in [4.69, 9.17) is 11.0 Å². The Balaban J connectivity index is 2.26. The molecule has 0 aliphatic rings. The molecule has 0 aliphatic heterocycles. The Bertz CT molecular complexity index is 660. The fraction of sp³-hybridized carbons (Fsp3) is 0.0667. The van der Waals surface area contributed by atoms with Gasteiger partial charge in [0.15, 0.2) is 6.04 Å². The number of carbonyl (C=O) groups is 1. The molecule has 0 saturated carbocycles. The molecule has 4 N–H and O–H groups in total. The number of rotatable bonds is 4. The number of aliphatic carboxylic acids is 1. The third-order valence-corrected chi connectivity index (χ3v) is 2.82. The molecule has 5 nitrogen and oxygen atoms in total.